The summed E-state index contributed by atoms with van der Waals surface area (Å²) >= 11 is 1.23. The first-order valence-electron chi connectivity index (χ1n) is 13.1. The molecule has 4 aliphatic rings. The Hall–Kier alpha value is -2.97. The largest absolute Gasteiger partial charge is 0.393 e. The molecule has 2 aromatic heterocycles. The second-order valence-electron chi connectivity index (χ2n) is 10.7. The fraction of sp³-hybridized carbons (Fsp3) is 0.538. The molecule has 1 amide bonds. The predicted octanol–water partition coefficient (Wildman–Crippen LogP) is 3.54. The maximum absolute atomic E-state index is 15.4. The second-order valence-corrected chi connectivity index (χ2v) is 11.8. The van der Waals surface area contributed by atoms with E-state index in [4.69, 9.17) is 4.52 Å². The number of aromatic nitrogens is 4. The second kappa shape index (κ2) is 10.5. The summed E-state index contributed by atoms with van der Waals surface area (Å²) in [6.45, 7) is -0.0957. The average molecular weight is 580 g/mol. The van der Waals surface area contributed by atoms with E-state index >= 15 is 4.39 Å². The van der Waals surface area contributed by atoms with Crippen molar-refractivity contribution in [3.63, 3.8) is 0 Å². The zero-order valence-electron chi connectivity index (χ0n) is 21.9. The van der Waals surface area contributed by atoms with Crippen LogP contribution in [0.2, 0.25) is 0 Å². The van der Waals surface area contributed by atoms with E-state index in [0.29, 0.717) is 23.6 Å². The number of allylic oxidation sites excluding steroid dienone is 3. The Balaban J connectivity index is 1.20. The van der Waals surface area contributed by atoms with E-state index in [0.717, 1.165) is 12.8 Å². The number of rotatable bonds is 7. The molecule has 2 bridgehead atoms. The summed E-state index contributed by atoms with van der Waals surface area (Å²) < 4.78 is 63.3. The highest BCUT2D eigenvalue weighted by molar-refractivity contribution is 8.09. The van der Waals surface area contributed by atoms with Crippen LogP contribution in [-0.4, -0.2) is 79.5 Å². The van der Waals surface area contributed by atoms with Gasteiger partial charge in [0, 0.05) is 37.4 Å². The Morgan fingerprint density at radius 3 is 2.85 bits per heavy atom. The minimum atomic E-state index is -4.46. The molecule has 1 aliphatic carbocycles. The highest BCUT2D eigenvalue weighted by atomic mass is 32.2. The molecule has 2 aromatic rings. The summed E-state index contributed by atoms with van der Waals surface area (Å²) in [7, 11) is 3.64. The van der Waals surface area contributed by atoms with Gasteiger partial charge in [0.05, 0.1) is 34.9 Å². The van der Waals surface area contributed by atoms with Gasteiger partial charge in [-0.25, -0.2) is 4.39 Å². The number of carbonyl (C=O) groups is 1. The van der Waals surface area contributed by atoms with E-state index < -0.39 is 29.9 Å². The molecular formula is C26H29F4N7O2S. The molecule has 9 nitrogen and oxygen atoms in total. The first-order valence-corrected chi connectivity index (χ1v) is 14.0. The molecule has 2 unspecified atom stereocenters. The van der Waals surface area contributed by atoms with Crippen LogP contribution in [0.25, 0.3) is 4.91 Å². The normalized spacial score (nSPS) is 30.1. The van der Waals surface area contributed by atoms with Gasteiger partial charge in [-0.3, -0.25) is 14.4 Å². The van der Waals surface area contributed by atoms with Crippen LogP contribution in [0.5, 0.6) is 0 Å². The number of nitrogens with zero attached hydrogens (tertiary/aromatic N) is 5. The van der Waals surface area contributed by atoms with Crippen molar-refractivity contribution in [2.75, 3.05) is 7.05 Å². The summed E-state index contributed by atoms with van der Waals surface area (Å²) in [6, 6.07) is -0.569. The van der Waals surface area contributed by atoms with E-state index in [1.54, 1.807) is 25.4 Å². The molecule has 0 aromatic carbocycles. The van der Waals surface area contributed by atoms with Gasteiger partial charge in [0.15, 0.2) is 0 Å². The standard InChI is InChI=1S/C26H29F4N7O2S/c1-36-12-13(10-32-36)25(38)31-11-20-34-24(35-39-20)23-16(9-26(28,29)30)15-4-3-5-17(22(15)40-23)33-18-8-14-6-7-19(21(18)27)37(14)2/h3-5,10,12,14,17-19,21-22,33H,6-9,11H2,1-2H3,(H,31,38)/t14-,17?,18-,19+,21-,22?/m1/s1. The molecule has 14 heteroatoms. The van der Waals surface area contributed by atoms with Gasteiger partial charge in [0.25, 0.3) is 5.91 Å². The van der Waals surface area contributed by atoms with E-state index in [-0.39, 0.29) is 46.9 Å². The van der Waals surface area contributed by atoms with E-state index in [2.05, 4.69) is 30.8 Å². The SMILES string of the molecule is CN1[C@@H]2CC[C@H]1[C@H](F)[C@H](NC1C=CC=C3C(CC(F)(F)F)=C(c4noc(CNC(=O)c5cnn(C)c5)n4)SC31)C2. The summed E-state index contributed by atoms with van der Waals surface area (Å²) in [5.41, 5.74) is 0.962. The number of aryl methyl sites for hydroxylation is 1. The number of carbonyl (C=O) groups excluding carboxylic acids is 1. The molecule has 40 heavy (non-hydrogen) atoms. The van der Waals surface area contributed by atoms with Gasteiger partial charge in [0.2, 0.25) is 11.7 Å². The molecule has 6 atom stereocenters. The minimum Gasteiger partial charge on any atom is -0.343 e. The van der Waals surface area contributed by atoms with Crippen LogP contribution in [0, 0.1) is 0 Å². The number of hydrogen-bond acceptors (Lipinski definition) is 8. The van der Waals surface area contributed by atoms with Crippen LogP contribution in [0.1, 0.15) is 47.8 Å². The topological polar surface area (TPSA) is 101 Å². The number of thioether (sulfide) groups is 1. The Morgan fingerprint density at radius 1 is 1.27 bits per heavy atom. The van der Waals surface area contributed by atoms with Crippen molar-refractivity contribution < 1.29 is 26.9 Å². The lowest BCUT2D eigenvalue weighted by atomic mass is 9.89. The molecule has 0 saturated carbocycles. The van der Waals surface area contributed by atoms with Gasteiger partial charge in [-0.1, -0.05) is 23.4 Å². The molecular weight excluding hydrogens is 550 g/mol. The maximum Gasteiger partial charge on any atom is 0.393 e. The number of amides is 1. The summed E-state index contributed by atoms with van der Waals surface area (Å²) in [5.74, 6) is -0.306. The lowest BCUT2D eigenvalue weighted by Gasteiger charge is -2.41. The van der Waals surface area contributed by atoms with Gasteiger partial charge in [-0.15, -0.1) is 11.8 Å². The van der Waals surface area contributed by atoms with E-state index in [1.165, 1.54) is 22.6 Å². The van der Waals surface area contributed by atoms with E-state index in [9.17, 15) is 18.0 Å². The molecule has 0 spiro atoms. The van der Waals surface area contributed by atoms with Crippen LogP contribution in [0.3, 0.4) is 0 Å². The Bertz CT molecular complexity index is 1380. The number of hydrogen-bond donors (Lipinski definition) is 2. The third-order valence-electron chi connectivity index (χ3n) is 8.09. The van der Waals surface area contributed by atoms with Gasteiger partial charge in [-0.2, -0.15) is 23.3 Å². The molecule has 3 aliphatic heterocycles. The number of fused-ring (bicyclic) bond motifs is 3. The van der Waals surface area contributed by atoms with Crippen molar-refractivity contribution >= 4 is 22.6 Å². The highest BCUT2D eigenvalue weighted by Crippen LogP contribution is 2.52. The Morgan fingerprint density at radius 2 is 2.10 bits per heavy atom. The first-order chi connectivity index (χ1) is 19.1. The van der Waals surface area contributed by atoms with Gasteiger partial charge >= 0.3 is 6.18 Å². The van der Waals surface area contributed by atoms with Crippen molar-refractivity contribution in [3.05, 3.63) is 59.0 Å². The molecule has 214 valence electrons. The van der Waals surface area contributed by atoms with Crippen LogP contribution in [-0.2, 0) is 13.6 Å². The number of nitrogens with one attached hydrogen (secondary N) is 2. The van der Waals surface area contributed by atoms with E-state index in [1.807, 2.05) is 13.1 Å². The number of piperidine rings is 1. The molecule has 6 rings (SSSR count). The third kappa shape index (κ3) is 5.23. The zero-order chi connectivity index (χ0) is 28.2. The summed E-state index contributed by atoms with van der Waals surface area (Å²) in [5, 5.41) is 13.6. The zero-order valence-corrected chi connectivity index (χ0v) is 22.7. The number of alkyl halides is 4. The molecule has 2 saturated heterocycles. The maximum atomic E-state index is 15.4. The van der Waals surface area contributed by atoms with Crippen molar-refractivity contribution in [3.8, 4) is 0 Å². The molecule has 2 N–H and O–H groups in total. The lowest BCUT2D eigenvalue weighted by Crippen LogP contribution is -2.58. The summed E-state index contributed by atoms with van der Waals surface area (Å²) in [4.78, 5) is 19.0. The Kier molecular flexibility index (Phi) is 7.11. The lowest BCUT2D eigenvalue weighted by molar-refractivity contribution is -0.126. The molecule has 5 heterocycles. The average Bonchev–Trinajstić information content (AvgIpc) is 3.67. The van der Waals surface area contributed by atoms with Gasteiger partial charge in [-0.05, 0) is 37.5 Å². The number of halogens is 4. The quantitative estimate of drug-likeness (QED) is 0.481. The van der Waals surface area contributed by atoms with Crippen molar-refractivity contribution in [2.45, 2.75) is 74.0 Å². The van der Waals surface area contributed by atoms with Crippen molar-refractivity contribution in [1.29, 1.82) is 0 Å². The van der Waals surface area contributed by atoms with Crippen LogP contribution in [0.15, 0.2) is 46.3 Å². The fourth-order valence-electron chi connectivity index (χ4n) is 6.14. The first kappa shape index (κ1) is 27.2. The minimum absolute atomic E-state index is 0.0321. The smallest absolute Gasteiger partial charge is 0.343 e. The Labute approximate surface area is 232 Å². The predicted molar refractivity (Wildman–Crippen MR) is 140 cm³/mol. The van der Waals surface area contributed by atoms with Crippen LogP contribution >= 0.6 is 11.8 Å². The van der Waals surface area contributed by atoms with Gasteiger partial charge in [0.1, 0.15) is 6.17 Å². The molecule has 2 fully saturated rings. The molecule has 0 radical (unpaired) electrons. The van der Waals surface area contributed by atoms with Gasteiger partial charge < -0.3 is 15.2 Å². The third-order valence-corrected chi connectivity index (χ3v) is 9.55. The van der Waals surface area contributed by atoms with Crippen LogP contribution < -0.4 is 10.6 Å². The van der Waals surface area contributed by atoms with Crippen LogP contribution in [0.4, 0.5) is 17.6 Å². The highest BCUT2D eigenvalue weighted by Gasteiger charge is 2.48. The van der Waals surface area contributed by atoms with Crippen molar-refractivity contribution in [1.82, 2.24) is 35.5 Å². The monoisotopic (exact) mass is 579 g/mol. The summed E-state index contributed by atoms with van der Waals surface area (Å²) in [6.07, 6.45) is 4.03. The fourth-order valence-corrected chi connectivity index (χ4v) is 7.58. The van der Waals surface area contributed by atoms with Crippen molar-refractivity contribution in [2.24, 2.45) is 7.05 Å².